The minimum absolute atomic E-state index is 0.125. The summed E-state index contributed by atoms with van der Waals surface area (Å²) in [6.07, 6.45) is 4.68. The molecule has 1 unspecified atom stereocenters. The first-order valence-corrected chi connectivity index (χ1v) is 6.71. The van der Waals surface area contributed by atoms with E-state index in [0.29, 0.717) is 5.92 Å². The molecule has 1 rings (SSSR count). The first-order valence-electron chi connectivity index (χ1n) is 6.71. The van der Waals surface area contributed by atoms with Crippen molar-refractivity contribution in [2.75, 3.05) is 13.1 Å². The van der Waals surface area contributed by atoms with Gasteiger partial charge in [-0.05, 0) is 49.5 Å². The number of benzene rings is 1. The third-order valence-electron chi connectivity index (χ3n) is 3.06. The van der Waals surface area contributed by atoms with Gasteiger partial charge in [-0.3, -0.25) is 0 Å². The van der Waals surface area contributed by atoms with Crippen molar-refractivity contribution < 1.29 is 4.39 Å². The van der Waals surface area contributed by atoms with E-state index in [1.807, 2.05) is 6.07 Å². The van der Waals surface area contributed by atoms with Crippen LogP contribution in [-0.2, 0) is 6.42 Å². The van der Waals surface area contributed by atoms with E-state index < -0.39 is 0 Å². The van der Waals surface area contributed by atoms with Gasteiger partial charge in [-0.1, -0.05) is 38.8 Å². The van der Waals surface area contributed by atoms with Crippen LogP contribution in [-0.4, -0.2) is 13.1 Å². The van der Waals surface area contributed by atoms with Crippen LogP contribution in [0.2, 0.25) is 0 Å². The van der Waals surface area contributed by atoms with Gasteiger partial charge in [-0.15, -0.1) is 0 Å². The molecule has 0 aromatic heterocycles. The highest BCUT2D eigenvalue weighted by Crippen LogP contribution is 2.15. The number of halogens is 1. The molecule has 0 aliphatic heterocycles. The Kier molecular flexibility index (Phi) is 6.87. The number of rotatable bonds is 8. The Morgan fingerprint density at radius 2 is 2.12 bits per heavy atom. The van der Waals surface area contributed by atoms with Crippen LogP contribution in [0.1, 0.15) is 38.7 Å². The number of hydrogen-bond acceptors (Lipinski definition) is 1. The highest BCUT2D eigenvalue weighted by atomic mass is 19.1. The van der Waals surface area contributed by atoms with Crippen molar-refractivity contribution in [3.05, 3.63) is 35.6 Å². The molecular formula is C15H24FN. The molecule has 1 N–H and O–H groups in total. The SMILES string of the molecule is CCCCC(CNCC)Cc1cccc(F)c1. The van der Waals surface area contributed by atoms with Gasteiger partial charge in [-0.25, -0.2) is 4.39 Å². The lowest BCUT2D eigenvalue weighted by Crippen LogP contribution is -2.24. The second-order valence-corrected chi connectivity index (χ2v) is 4.65. The molecule has 0 heterocycles. The second-order valence-electron chi connectivity index (χ2n) is 4.65. The maximum absolute atomic E-state index is 13.1. The largest absolute Gasteiger partial charge is 0.317 e. The third-order valence-corrected chi connectivity index (χ3v) is 3.06. The summed E-state index contributed by atoms with van der Waals surface area (Å²) in [6, 6.07) is 6.99. The van der Waals surface area contributed by atoms with Crippen molar-refractivity contribution in [1.29, 1.82) is 0 Å². The fourth-order valence-electron chi connectivity index (χ4n) is 2.11. The Labute approximate surface area is 104 Å². The van der Waals surface area contributed by atoms with Gasteiger partial charge < -0.3 is 5.32 Å². The van der Waals surface area contributed by atoms with Crippen molar-refractivity contribution in [1.82, 2.24) is 5.32 Å². The lowest BCUT2D eigenvalue weighted by molar-refractivity contribution is 0.433. The van der Waals surface area contributed by atoms with E-state index in [9.17, 15) is 4.39 Å². The first-order chi connectivity index (χ1) is 8.26. The molecule has 1 nitrogen and oxygen atoms in total. The summed E-state index contributed by atoms with van der Waals surface area (Å²) in [7, 11) is 0. The zero-order valence-corrected chi connectivity index (χ0v) is 11.0. The van der Waals surface area contributed by atoms with Crippen LogP contribution >= 0.6 is 0 Å². The van der Waals surface area contributed by atoms with E-state index in [4.69, 9.17) is 0 Å². The predicted molar refractivity (Wildman–Crippen MR) is 71.7 cm³/mol. The van der Waals surface area contributed by atoms with Crippen LogP contribution in [0.15, 0.2) is 24.3 Å². The standard InChI is InChI=1S/C15H24FN/c1-3-5-7-14(12-17-4-2)10-13-8-6-9-15(16)11-13/h6,8-9,11,14,17H,3-5,7,10,12H2,1-2H3. The van der Waals surface area contributed by atoms with Gasteiger partial charge >= 0.3 is 0 Å². The van der Waals surface area contributed by atoms with E-state index in [0.717, 1.165) is 25.1 Å². The Morgan fingerprint density at radius 3 is 2.76 bits per heavy atom. The molecule has 0 spiro atoms. The fourth-order valence-corrected chi connectivity index (χ4v) is 2.11. The summed E-state index contributed by atoms with van der Waals surface area (Å²) < 4.78 is 13.1. The zero-order chi connectivity index (χ0) is 12.5. The van der Waals surface area contributed by atoms with Crippen molar-refractivity contribution in [3.8, 4) is 0 Å². The van der Waals surface area contributed by atoms with Crippen LogP contribution in [0.5, 0.6) is 0 Å². The number of unbranched alkanes of at least 4 members (excludes halogenated alkanes) is 1. The molecule has 0 amide bonds. The van der Waals surface area contributed by atoms with Crippen LogP contribution < -0.4 is 5.32 Å². The Balaban J connectivity index is 2.51. The van der Waals surface area contributed by atoms with Gasteiger partial charge in [0.05, 0.1) is 0 Å². The van der Waals surface area contributed by atoms with Crippen molar-refractivity contribution in [2.24, 2.45) is 5.92 Å². The minimum Gasteiger partial charge on any atom is -0.317 e. The quantitative estimate of drug-likeness (QED) is 0.725. The molecule has 0 saturated carbocycles. The molecule has 17 heavy (non-hydrogen) atoms. The summed E-state index contributed by atoms with van der Waals surface area (Å²) in [5.41, 5.74) is 1.11. The van der Waals surface area contributed by atoms with E-state index in [1.165, 1.54) is 25.3 Å². The highest BCUT2D eigenvalue weighted by molar-refractivity contribution is 5.16. The average molecular weight is 237 g/mol. The Morgan fingerprint density at radius 1 is 1.29 bits per heavy atom. The van der Waals surface area contributed by atoms with Crippen molar-refractivity contribution in [2.45, 2.75) is 39.5 Å². The molecule has 0 aliphatic rings. The molecule has 0 saturated heterocycles. The maximum Gasteiger partial charge on any atom is 0.123 e. The normalized spacial score (nSPS) is 12.6. The maximum atomic E-state index is 13.1. The predicted octanol–water partition coefficient (Wildman–Crippen LogP) is 3.78. The van der Waals surface area contributed by atoms with E-state index in [-0.39, 0.29) is 5.82 Å². The monoisotopic (exact) mass is 237 g/mol. The average Bonchev–Trinajstić information content (AvgIpc) is 2.32. The van der Waals surface area contributed by atoms with Crippen LogP contribution in [0.4, 0.5) is 4.39 Å². The lowest BCUT2D eigenvalue weighted by Gasteiger charge is -2.17. The molecule has 0 fully saturated rings. The van der Waals surface area contributed by atoms with Gasteiger partial charge in [-0.2, -0.15) is 0 Å². The summed E-state index contributed by atoms with van der Waals surface area (Å²) in [4.78, 5) is 0. The summed E-state index contributed by atoms with van der Waals surface area (Å²) >= 11 is 0. The van der Waals surface area contributed by atoms with Crippen molar-refractivity contribution >= 4 is 0 Å². The summed E-state index contributed by atoms with van der Waals surface area (Å²) in [5.74, 6) is 0.497. The Hall–Kier alpha value is -0.890. The van der Waals surface area contributed by atoms with Gasteiger partial charge in [0.25, 0.3) is 0 Å². The highest BCUT2D eigenvalue weighted by Gasteiger charge is 2.09. The molecule has 1 aromatic carbocycles. The van der Waals surface area contributed by atoms with Crippen LogP contribution in [0.3, 0.4) is 0 Å². The van der Waals surface area contributed by atoms with Gasteiger partial charge in [0.15, 0.2) is 0 Å². The number of hydrogen-bond donors (Lipinski definition) is 1. The van der Waals surface area contributed by atoms with E-state index >= 15 is 0 Å². The topological polar surface area (TPSA) is 12.0 Å². The van der Waals surface area contributed by atoms with E-state index in [1.54, 1.807) is 12.1 Å². The molecule has 1 atom stereocenters. The molecule has 0 bridgehead atoms. The van der Waals surface area contributed by atoms with Crippen LogP contribution in [0.25, 0.3) is 0 Å². The van der Waals surface area contributed by atoms with Gasteiger partial charge in [0.2, 0.25) is 0 Å². The molecular weight excluding hydrogens is 213 g/mol. The van der Waals surface area contributed by atoms with Crippen molar-refractivity contribution in [3.63, 3.8) is 0 Å². The van der Waals surface area contributed by atoms with Crippen LogP contribution in [0, 0.1) is 11.7 Å². The third kappa shape index (κ3) is 5.83. The molecule has 0 radical (unpaired) electrons. The molecule has 0 aliphatic carbocycles. The Bertz CT molecular complexity index is 304. The van der Waals surface area contributed by atoms with Gasteiger partial charge in [0.1, 0.15) is 5.82 Å². The molecule has 96 valence electrons. The number of nitrogens with one attached hydrogen (secondary N) is 1. The fraction of sp³-hybridized carbons (Fsp3) is 0.600. The molecule has 1 aromatic rings. The first kappa shape index (κ1) is 14.2. The summed E-state index contributed by atoms with van der Waals surface area (Å²) in [5, 5.41) is 3.40. The summed E-state index contributed by atoms with van der Waals surface area (Å²) in [6.45, 7) is 6.38. The lowest BCUT2D eigenvalue weighted by atomic mass is 9.94. The smallest absolute Gasteiger partial charge is 0.123 e. The second kappa shape index (κ2) is 8.24. The molecule has 2 heteroatoms. The minimum atomic E-state index is -0.125. The van der Waals surface area contributed by atoms with E-state index in [2.05, 4.69) is 19.2 Å². The van der Waals surface area contributed by atoms with Gasteiger partial charge in [0, 0.05) is 0 Å². The zero-order valence-electron chi connectivity index (χ0n) is 11.0.